The summed E-state index contributed by atoms with van der Waals surface area (Å²) in [6.45, 7) is 16.0. The van der Waals surface area contributed by atoms with Crippen molar-refractivity contribution in [2.24, 2.45) is 0 Å². The van der Waals surface area contributed by atoms with Crippen molar-refractivity contribution >= 4 is 18.5 Å². The second kappa shape index (κ2) is 59.6. The highest BCUT2D eigenvalue weighted by Crippen LogP contribution is 2.14. The molecule has 428 valence electrons. The molecule has 0 aromatic carbocycles. The molecule has 0 rings (SSSR count). The van der Waals surface area contributed by atoms with E-state index in [-0.39, 0.29) is 6.61 Å². The molecule has 1 N–H and O–H groups in total. The van der Waals surface area contributed by atoms with Crippen LogP contribution < -0.4 is 0 Å². The van der Waals surface area contributed by atoms with Crippen molar-refractivity contribution < 1.29 is 47.9 Å². The van der Waals surface area contributed by atoms with Gasteiger partial charge in [-0.05, 0) is 116 Å². The van der Waals surface area contributed by atoms with Gasteiger partial charge in [0, 0.05) is 6.61 Å². The molecular formula is C60H118N2O10. The molecule has 0 unspecified atom stereocenters. The second-order valence-electron chi connectivity index (χ2n) is 20.7. The number of aliphatic hydroxyl groups excluding tert-OH is 1. The molecule has 0 heterocycles. The van der Waals surface area contributed by atoms with Crippen LogP contribution in [0.25, 0.3) is 0 Å². The zero-order valence-corrected chi connectivity index (χ0v) is 47.7. The number of hydrogen-bond acceptors (Lipinski definition) is 12. The molecule has 0 fully saturated rings. The van der Waals surface area contributed by atoms with E-state index < -0.39 is 18.5 Å². The molecule has 0 aromatic heterocycles. The molecule has 12 heteroatoms. The summed E-state index contributed by atoms with van der Waals surface area (Å²) in [5, 5.41) is 9.28. The number of rotatable bonds is 58. The lowest BCUT2D eigenvalue weighted by Gasteiger charge is -2.26. The van der Waals surface area contributed by atoms with Gasteiger partial charge < -0.3 is 43.3 Å². The van der Waals surface area contributed by atoms with Gasteiger partial charge >= 0.3 is 18.5 Å². The van der Waals surface area contributed by atoms with Gasteiger partial charge in [0.1, 0.15) is 0 Å². The molecule has 0 bridgehead atoms. The molecule has 0 radical (unpaired) electrons. The van der Waals surface area contributed by atoms with Crippen molar-refractivity contribution in [3.05, 3.63) is 0 Å². The fourth-order valence-electron chi connectivity index (χ4n) is 9.13. The average molecular weight is 1030 g/mol. The third-order valence-corrected chi connectivity index (χ3v) is 13.8. The predicted octanol–water partition coefficient (Wildman–Crippen LogP) is 17.1. The van der Waals surface area contributed by atoms with Crippen molar-refractivity contribution in [3.8, 4) is 0 Å². The van der Waals surface area contributed by atoms with Crippen LogP contribution in [0.5, 0.6) is 0 Å². The van der Waals surface area contributed by atoms with Crippen LogP contribution in [0.2, 0.25) is 0 Å². The van der Waals surface area contributed by atoms with Gasteiger partial charge in [0.25, 0.3) is 0 Å². The minimum Gasteiger partial charge on any atom is -0.434 e. The van der Waals surface area contributed by atoms with E-state index in [4.69, 9.17) is 28.4 Å². The topological polar surface area (TPSA) is 133 Å². The van der Waals surface area contributed by atoms with Gasteiger partial charge in [-0.3, -0.25) is 0 Å². The minimum atomic E-state index is -0.531. The maximum absolute atomic E-state index is 12.1. The standard InChI is InChI=1S/C60H118N2O10/c1-4-7-10-13-16-19-27-38-52-67-58(64)70-55-41-30-23-34-46-61(45-33-22-26-37-51-63)49-44-50-62(47-35-24-31-42-56-71-59(65)68-53-39-28-20-17-14-11-8-5-2)48-36-25-32-43-57-72-60(66)69-54-40-29-21-18-15-12-9-6-3/h63H,4-57H2,1-3H3. The summed E-state index contributed by atoms with van der Waals surface area (Å²) in [6, 6.07) is 0. The number of ether oxygens (including phenoxy) is 6. The normalized spacial score (nSPS) is 11.4. The number of carbonyl (C=O) groups is 3. The lowest BCUT2D eigenvalue weighted by atomic mass is 10.1. The monoisotopic (exact) mass is 1030 g/mol. The first-order valence-electron chi connectivity index (χ1n) is 30.9. The van der Waals surface area contributed by atoms with Crippen LogP contribution in [0.1, 0.15) is 284 Å². The van der Waals surface area contributed by atoms with Gasteiger partial charge in [-0.15, -0.1) is 0 Å². The molecule has 0 saturated heterocycles. The molecule has 0 aliphatic heterocycles. The molecule has 0 atom stereocenters. The highest BCUT2D eigenvalue weighted by molar-refractivity contribution is 5.60. The molecule has 0 spiro atoms. The zero-order valence-electron chi connectivity index (χ0n) is 47.7. The first kappa shape index (κ1) is 69.7. The van der Waals surface area contributed by atoms with Gasteiger partial charge in [-0.2, -0.15) is 0 Å². The Bertz CT molecular complexity index is 1070. The van der Waals surface area contributed by atoms with Crippen LogP contribution in [0.15, 0.2) is 0 Å². The van der Waals surface area contributed by atoms with Crippen molar-refractivity contribution in [1.82, 2.24) is 9.80 Å². The van der Waals surface area contributed by atoms with E-state index in [2.05, 4.69) is 30.6 Å². The number of nitrogens with zero attached hydrogens (tertiary/aromatic N) is 2. The van der Waals surface area contributed by atoms with Gasteiger partial charge in [0.2, 0.25) is 0 Å². The molecule has 72 heavy (non-hydrogen) atoms. The maximum atomic E-state index is 12.1. The third-order valence-electron chi connectivity index (χ3n) is 13.8. The Morgan fingerprint density at radius 1 is 0.250 bits per heavy atom. The number of carbonyl (C=O) groups excluding carboxylic acids is 3. The summed E-state index contributed by atoms with van der Waals surface area (Å²) in [7, 11) is 0. The Hall–Kier alpha value is -2.31. The first-order chi connectivity index (χ1) is 35.5. The minimum absolute atomic E-state index is 0.268. The molecule has 0 aromatic rings. The van der Waals surface area contributed by atoms with Crippen molar-refractivity contribution in [2.45, 2.75) is 284 Å². The molecule has 0 amide bonds. The number of hydrogen-bond donors (Lipinski definition) is 1. The van der Waals surface area contributed by atoms with Gasteiger partial charge in [-0.25, -0.2) is 14.4 Å². The van der Waals surface area contributed by atoms with Crippen molar-refractivity contribution in [3.63, 3.8) is 0 Å². The third kappa shape index (κ3) is 55.4. The van der Waals surface area contributed by atoms with E-state index in [0.717, 1.165) is 187 Å². The highest BCUT2D eigenvalue weighted by atomic mass is 16.7. The summed E-state index contributed by atoms with van der Waals surface area (Å²) in [6.07, 6.45) is 45.3. The van der Waals surface area contributed by atoms with Crippen LogP contribution in [0, 0.1) is 0 Å². The van der Waals surface area contributed by atoms with E-state index in [1.54, 1.807) is 0 Å². The summed E-state index contributed by atoms with van der Waals surface area (Å²) >= 11 is 0. The molecule has 0 aliphatic carbocycles. The van der Waals surface area contributed by atoms with Crippen molar-refractivity contribution in [2.75, 3.05) is 85.5 Å². The summed E-state index contributed by atoms with van der Waals surface area (Å²) in [5.74, 6) is 0. The van der Waals surface area contributed by atoms with Crippen molar-refractivity contribution in [1.29, 1.82) is 0 Å². The SMILES string of the molecule is CCCCCCCCCCOC(=O)OCCCCCCN(CCCCCCO)CCCN(CCCCCCOC(=O)OCCCCCCCCCC)CCCCCCOC(=O)OCCCCCCCCCC. The average Bonchev–Trinajstić information content (AvgIpc) is 3.38. The van der Waals surface area contributed by atoms with Crippen LogP contribution in [0.4, 0.5) is 14.4 Å². The van der Waals surface area contributed by atoms with E-state index in [9.17, 15) is 19.5 Å². The number of unbranched alkanes of at least 4 members (excludes halogenated alkanes) is 33. The van der Waals surface area contributed by atoms with E-state index in [1.807, 2.05) is 0 Å². The Morgan fingerprint density at radius 3 is 0.653 bits per heavy atom. The van der Waals surface area contributed by atoms with Crippen LogP contribution in [-0.4, -0.2) is 119 Å². The first-order valence-corrected chi connectivity index (χ1v) is 30.9. The smallest absolute Gasteiger partial charge is 0.434 e. The lowest BCUT2D eigenvalue weighted by Crippen LogP contribution is -2.32. The predicted molar refractivity (Wildman–Crippen MR) is 298 cm³/mol. The Morgan fingerprint density at radius 2 is 0.431 bits per heavy atom. The lowest BCUT2D eigenvalue weighted by molar-refractivity contribution is 0.0519. The second-order valence-corrected chi connectivity index (χ2v) is 20.7. The van der Waals surface area contributed by atoms with E-state index in [1.165, 1.54) is 116 Å². The molecular weight excluding hydrogens is 909 g/mol. The number of aliphatic hydroxyl groups is 1. The summed E-state index contributed by atoms with van der Waals surface area (Å²) in [4.78, 5) is 41.5. The fourth-order valence-corrected chi connectivity index (χ4v) is 9.13. The van der Waals surface area contributed by atoms with Crippen LogP contribution in [0.3, 0.4) is 0 Å². The largest absolute Gasteiger partial charge is 0.508 e. The van der Waals surface area contributed by atoms with E-state index >= 15 is 0 Å². The maximum Gasteiger partial charge on any atom is 0.508 e. The molecule has 0 aliphatic rings. The highest BCUT2D eigenvalue weighted by Gasteiger charge is 2.11. The molecule has 12 nitrogen and oxygen atoms in total. The quantitative estimate of drug-likeness (QED) is 0.0353. The van der Waals surface area contributed by atoms with Crippen LogP contribution in [-0.2, 0) is 28.4 Å². The van der Waals surface area contributed by atoms with Crippen LogP contribution >= 0.6 is 0 Å². The van der Waals surface area contributed by atoms with Gasteiger partial charge in [-0.1, -0.05) is 207 Å². The Labute approximate surface area is 444 Å². The zero-order chi connectivity index (χ0) is 52.3. The molecule has 0 saturated carbocycles. The van der Waals surface area contributed by atoms with E-state index in [0.29, 0.717) is 39.6 Å². The summed E-state index contributed by atoms with van der Waals surface area (Å²) in [5.41, 5.74) is 0. The summed E-state index contributed by atoms with van der Waals surface area (Å²) < 4.78 is 32.0. The van der Waals surface area contributed by atoms with Gasteiger partial charge in [0.15, 0.2) is 0 Å². The Kier molecular flexibility index (Phi) is 57.7. The Balaban J connectivity index is 4.70. The fraction of sp³-hybridized carbons (Fsp3) is 0.950. The van der Waals surface area contributed by atoms with Gasteiger partial charge in [0.05, 0.1) is 39.6 Å².